The van der Waals surface area contributed by atoms with Gasteiger partial charge >= 0.3 is 5.97 Å². The predicted octanol–water partition coefficient (Wildman–Crippen LogP) is 5.20. The first-order valence-electron chi connectivity index (χ1n) is 22.0. The highest BCUT2D eigenvalue weighted by Crippen LogP contribution is 2.27. The number of cyclic esters (lactones) is 1. The fraction of sp³-hybridized carbons (Fsp3) is 0.638. The molecule has 4 N–H and O–H groups in total. The van der Waals surface area contributed by atoms with Crippen molar-refractivity contribution in [3.05, 3.63) is 58.1 Å². The van der Waals surface area contributed by atoms with Gasteiger partial charge in [-0.15, -0.1) is 11.8 Å². The van der Waals surface area contributed by atoms with Gasteiger partial charge in [-0.1, -0.05) is 76.9 Å². The average Bonchev–Trinajstić information content (AvgIpc) is 3.24. The van der Waals surface area contributed by atoms with Gasteiger partial charge in [0.25, 0.3) is 0 Å². The smallest absolute Gasteiger partial charge is 0.331 e. The lowest BCUT2D eigenvalue weighted by molar-refractivity contribution is -0.160. The monoisotopic (exact) mass is 932 g/mol. The number of rotatable bonds is 10. The fourth-order valence-corrected chi connectivity index (χ4v) is 7.60. The van der Waals surface area contributed by atoms with Gasteiger partial charge in [-0.3, -0.25) is 28.8 Å². The topological polar surface area (TPSA) is 193 Å². The average molecular weight is 934 g/mol. The van der Waals surface area contributed by atoms with Crippen molar-refractivity contribution in [1.29, 1.82) is 0 Å². The molecule has 1 aromatic rings. The van der Waals surface area contributed by atoms with E-state index in [0.29, 0.717) is 28.5 Å². The largest absolute Gasteiger partial charge is 0.456 e. The van der Waals surface area contributed by atoms with Crippen molar-refractivity contribution in [2.75, 3.05) is 32.8 Å². The van der Waals surface area contributed by atoms with Gasteiger partial charge in [0.05, 0.1) is 18.6 Å². The minimum Gasteiger partial charge on any atom is -0.456 e. The first kappa shape index (κ1) is 55.7. The molecule has 15 nitrogen and oxygen atoms in total. The van der Waals surface area contributed by atoms with Crippen LogP contribution in [0.2, 0.25) is 5.02 Å². The number of amides is 6. The SMILES string of the molecule is C/C=C(\C)[C@H]1OC(=O)C(C)(C)NC(=O)[C@H]([C@H](C)CC)NC(=O)CN(C)C(=O)[C@@H](Cc2ccc(Cl)cc2)N(C)C(=O)[C@H](C)NC(=O)[C@@H](CC(C)C)NC(=O)/C(C)=C\C[C@H](OCSC)[C@@H]1C. The van der Waals surface area contributed by atoms with Crippen molar-refractivity contribution < 1.29 is 43.0 Å². The number of esters is 1. The highest BCUT2D eigenvalue weighted by molar-refractivity contribution is 7.98. The first-order valence-corrected chi connectivity index (χ1v) is 23.8. The maximum atomic E-state index is 14.3. The number of likely N-dealkylation sites (N-methyl/N-ethyl adjacent to an activating group) is 2. The molecule has 0 aromatic heterocycles. The maximum absolute atomic E-state index is 14.3. The zero-order valence-electron chi connectivity index (χ0n) is 40.3. The molecular weight excluding hydrogens is 860 g/mol. The van der Waals surface area contributed by atoms with Crippen LogP contribution in [0.3, 0.4) is 0 Å². The lowest BCUT2D eigenvalue weighted by Gasteiger charge is -2.35. The standard InChI is InChI=1S/C47H73ClN6O9S/c1-15-28(5)39-43(58)52-47(10,11)46(61)63-40(29(6)16-2)31(8)37(62-26-64-14)22-17-30(7)41(56)50-35(23-27(3)4)42(57)49-32(9)44(59)54(13)36(24-33-18-20-34(48)21-19-33)45(60)53(12)25-38(55)51-39/h16-21,27-28,31-32,35-37,39-40H,15,22-26H2,1-14H3,(H,49,57)(H,50,56)(H,51,55)(H,52,58)/b29-16+,30-17-/t28-,31+,32+,35-,36-,37+,39+,40-/m1/s1. The molecule has 1 heterocycles. The molecule has 0 saturated carbocycles. The lowest BCUT2D eigenvalue weighted by Crippen LogP contribution is -2.60. The number of benzene rings is 1. The Labute approximate surface area is 390 Å². The number of hydrogen-bond acceptors (Lipinski definition) is 10. The van der Waals surface area contributed by atoms with Gasteiger partial charge in [-0.2, -0.15) is 0 Å². The summed E-state index contributed by atoms with van der Waals surface area (Å²) >= 11 is 7.61. The summed E-state index contributed by atoms with van der Waals surface area (Å²) in [6.45, 7) is 18.7. The van der Waals surface area contributed by atoms with Crippen LogP contribution in [0.15, 0.2) is 47.6 Å². The van der Waals surface area contributed by atoms with Crippen LogP contribution in [0.5, 0.6) is 0 Å². The number of ether oxygens (including phenoxy) is 2. The Balaban J connectivity index is 2.73. The molecular formula is C47H73ClN6O9S. The third kappa shape index (κ3) is 16.5. The molecule has 0 radical (unpaired) electrons. The van der Waals surface area contributed by atoms with Crippen LogP contribution in [0.4, 0.5) is 0 Å². The van der Waals surface area contributed by atoms with Crippen molar-refractivity contribution in [2.45, 2.75) is 144 Å². The van der Waals surface area contributed by atoms with E-state index in [4.69, 9.17) is 21.1 Å². The van der Waals surface area contributed by atoms with E-state index in [2.05, 4.69) is 21.3 Å². The molecule has 0 bridgehead atoms. The Morgan fingerprint density at radius 2 is 1.61 bits per heavy atom. The maximum Gasteiger partial charge on any atom is 0.331 e. The molecule has 0 unspecified atom stereocenters. The number of allylic oxidation sites excluding steroid dienone is 1. The Morgan fingerprint density at radius 3 is 2.17 bits per heavy atom. The minimum atomic E-state index is -1.55. The Bertz CT molecular complexity index is 1860. The minimum absolute atomic E-state index is 0.0121. The third-order valence-electron chi connectivity index (χ3n) is 11.6. The summed E-state index contributed by atoms with van der Waals surface area (Å²) in [5.74, 6) is -4.72. The zero-order chi connectivity index (χ0) is 48.6. The normalized spacial score (nSPS) is 27.2. The molecule has 1 aromatic carbocycles. The van der Waals surface area contributed by atoms with Crippen molar-refractivity contribution in [3.8, 4) is 0 Å². The van der Waals surface area contributed by atoms with E-state index in [1.165, 1.54) is 56.4 Å². The second-order valence-electron chi connectivity index (χ2n) is 17.9. The van der Waals surface area contributed by atoms with Crippen molar-refractivity contribution in [2.24, 2.45) is 17.8 Å². The van der Waals surface area contributed by atoms with Crippen LogP contribution in [0.25, 0.3) is 0 Å². The van der Waals surface area contributed by atoms with E-state index < -0.39 is 95.8 Å². The van der Waals surface area contributed by atoms with Gasteiger partial charge < -0.3 is 40.5 Å². The summed E-state index contributed by atoms with van der Waals surface area (Å²) in [4.78, 5) is 100. The fourth-order valence-electron chi connectivity index (χ4n) is 7.16. The van der Waals surface area contributed by atoms with Crippen molar-refractivity contribution in [3.63, 3.8) is 0 Å². The number of nitrogens with one attached hydrogen (secondary N) is 4. The van der Waals surface area contributed by atoms with Crippen LogP contribution in [0.1, 0.15) is 101 Å². The molecule has 1 aliphatic heterocycles. The number of carbonyl (C=O) groups is 7. The van der Waals surface area contributed by atoms with Gasteiger partial charge in [0.1, 0.15) is 35.8 Å². The molecule has 0 aliphatic carbocycles. The number of hydrogen-bond donors (Lipinski definition) is 4. The van der Waals surface area contributed by atoms with Crippen molar-refractivity contribution in [1.82, 2.24) is 31.1 Å². The summed E-state index contributed by atoms with van der Waals surface area (Å²) in [5.41, 5.74) is 0.196. The summed E-state index contributed by atoms with van der Waals surface area (Å²) in [7, 11) is 2.87. The molecule has 64 heavy (non-hydrogen) atoms. The Kier molecular flexibility index (Phi) is 22.6. The Morgan fingerprint density at radius 1 is 0.984 bits per heavy atom. The highest BCUT2D eigenvalue weighted by atomic mass is 35.5. The molecule has 17 heteroatoms. The van der Waals surface area contributed by atoms with Crippen LogP contribution in [-0.2, 0) is 49.5 Å². The van der Waals surface area contributed by atoms with Gasteiger partial charge in [-0.25, -0.2) is 4.79 Å². The van der Waals surface area contributed by atoms with Crippen LogP contribution in [-0.4, -0.2) is 126 Å². The van der Waals surface area contributed by atoms with E-state index in [1.807, 2.05) is 53.9 Å². The van der Waals surface area contributed by atoms with Gasteiger partial charge in [0, 0.05) is 37.0 Å². The number of halogens is 1. The zero-order valence-corrected chi connectivity index (χ0v) is 41.8. The molecule has 1 aliphatic rings. The number of carbonyl (C=O) groups excluding carboxylic acids is 7. The van der Waals surface area contributed by atoms with Crippen LogP contribution in [0, 0.1) is 17.8 Å². The number of thioether (sulfide) groups is 1. The molecule has 6 amide bonds. The van der Waals surface area contributed by atoms with E-state index in [1.54, 1.807) is 44.2 Å². The quantitative estimate of drug-likeness (QED) is 0.138. The predicted molar refractivity (Wildman–Crippen MR) is 252 cm³/mol. The second-order valence-corrected chi connectivity index (χ2v) is 19.1. The summed E-state index contributed by atoms with van der Waals surface area (Å²) in [6.07, 6.45) is 5.19. The molecule has 0 fully saturated rings. The first-order chi connectivity index (χ1) is 29.9. The van der Waals surface area contributed by atoms with E-state index in [0.717, 1.165) is 5.57 Å². The highest BCUT2D eigenvalue weighted by Gasteiger charge is 2.40. The summed E-state index contributed by atoms with van der Waals surface area (Å²) in [5, 5.41) is 11.6. The summed E-state index contributed by atoms with van der Waals surface area (Å²) < 4.78 is 12.5. The molecule has 0 spiro atoms. The molecule has 358 valence electrons. The van der Waals surface area contributed by atoms with Gasteiger partial charge in [0.2, 0.25) is 35.4 Å². The van der Waals surface area contributed by atoms with Crippen molar-refractivity contribution >= 4 is 64.8 Å². The lowest BCUT2D eigenvalue weighted by atomic mass is 9.90. The van der Waals surface area contributed by atoms with E-state index >= 15 is 0 Å². The van der Waals surface area contributed by atoms with Gasteiger partial charge in [-0.05, 0) is 95.7 Å². The van der Waals surface area contributed by atoms with E-state index in [-0.39, 0.29) is 31.1 Å². The molecule has 8 atom stereocenters. The van der Waals surface area contributed by atoms with Crippen LogP contribution < -0.4 is 21.3 Å². The van der Waals surface area contributed by atoms with E-state index in [9.17, 15) is 33.6 Å². The molecule has 0 saturated heterocycles. The number of nitrogens with zero attached hydrogens (tertiary/aromatic N) is 2. The van der Waals surface area contributed by atoms with Crippen LogP contribution >= 0.6 is 23.4 Å². The molecule has 2 rings (SSSR count). The van der Waals surface area contributed by atoms with Gasteiger partial charge in [0.15, 0.2) is 0 Å². The summed E-state index contributed by atoms with van der Waals surface area (Å²) in [6, 6.07) is 2.43. The second kappa shape index (κ2) is 25.9. The third-order valence-corrected chi connectivity index (χ3v) is 12.3. The Hall–Kier alpha value is -4.41.